The maximum Gasteiger partial charge on any atom is 0.349 e. The molecular weight excluding hydrogens is 587 g/mol. The molecule has 0 aliphatic heterocycles. The quantitative estimate of drug-likeness (QED) is 0.197. The first-order chi connectivity index (χ1) is 17.8. The molecule has 5 aromatic rings. The van der Waals surface area contributed by atoms with Gasteiger partial charge < -0.3 is 29.5 Å². The Balaban J connectivity index is 1.72. The summed E-state index contributed by atoms with van der Waals surface area (Å²) in [4.78, 5) is 29.2. The van der Waals surface area contributed by atoms with Crippen LogP contribution in [0.15, 0.2) is 63.8 Å². The van der Waals surface area contributed by atoms with Gasteiger partial charge in [0.05, 0.1) is 31.8 Å². The van der Waals surface area contributed by atoms with Crippen LogP contribution in [0.2, 0.25) is 0 Å². The number of hydrogen-bond acceptors (Lipinski definition) is 7. The molecule has 0 saturated heterocycles. The number of imidazole rings is 1. The third kappa shape index (κ3) is 4.59. The Morgan fingerprint density at radius 1 is 1.11 bits per heavy atom. The molecule has 9 nitrogen and oxygen atoms in total. The molecule has 0 saturated carbocycles. The maximum atomic E-state index is 12.5. The molecule has 0 radical (unpaired) electrons. The zero-order valence-electron chi connectivity index (χ0n) is 20.3. The molecule has 0 unspecified atom stereocenters. The summed E-state index contributed by atoms with van der Waals surface area (Å²) in [5, 5.41) is 3.99. The van der Waals surface area contributed by atoms with Crippen LogP contribution in [0, 0.1) is 10.5 Å². The molecule has 188 valence electrons. The van der Waals surface area contributed by atoms with Crippen LogP contribution in [0.25, 0.3) is 22.0 Å². The van der Waals surface area contributed by atoms with Gasteiger partial charge >= 0.3 is 5.63 Å². The molecule has 2 aromatic heterocycles. The fourth-order valence-electron chi connectivity index (χ4n) is 4.32. The Labute approximate surface area is 225 Å². The molecule has 0 fully saturated rings. The number of amides is 1. The number of benzene rings is 3. The van der Waals surface area contributed by atoms with E-state index >= 15 is 0 Å². The summed E-state index contributed by atoms with van der Waals surface area (Å²) in [6.07, 6.45) is 0. The number of aryl methyl sites for hydroxylation is 1. The van der Waals surface area contributed by atoms with Crippen molar-refractivity contribution in [2.24, 2.45) is 5.73 Å². The first-order valence-corrected chi connectivity index (χ1v) is 12.4. The number of nitrogens with one attached hydrogen (secondary N) is 1. The summed E-state index contributed by atoms with van der Waals surface area (Å²) < 4.78 is 19.6. The van der Waals surface area contributed by atoms with E-state index in [1.807, 2.05) is 47.0 Å². The number of ether oxygens (including phenoxy) is 2. The first-order valence-electron chi connectivity index (χ1n) is 11.3. The minimum atomic E-state index is -0.827. The zero-order valence-corrected chi connectivity index (χ0v) is 22.5. The van der Waals surface area contributed by atoms with Crippen LogP contribution in [-0.2, 0) is 6.54 Å². The largest absolute Gasteiger partial charge is 0.497 e. The van der Waals surface area contributed by atoms with E-state index in [0.29, 0.717) is 46.0 Å². The monoisotopic (exact) mass is 610 g/mol. The summed E-state index contributed by atoms with van der Waals surface area (Å²) in [6.45, 7) is 2.08. The van der Waals surface area contributed by atoms with Crippen molar-refractivity contribution in [3.05, 3.63) is 85.3 Å². The number of primary amides is 1. The maximum absolute atomic E-state index is 12.5. The Bertz CT molecular complexity index is 1720. The van der Waals surface area contributed by atoms with Crippen molar-refractivity contribution in [1.29, 1.82) is 0 Å². The van der Waals surface area contributed by atoms with Crippen molar-refractivity contribution in [1.82, 2.24) is 9.55 Å². The summed E-state index contributed by atoms with van der Waals surface area (Å²) in [7, 11) is 3.21. The molecule has 1 amide bonds. The Morgan fingerprint density at radius 2 is 1.86 bits per heavy atom. The fraction of sp³-hybridized carbons (Fsp3) is 0.148. The van der Waals surface area contributed by atoms with Crippen LogP contribution >= 0.6 is 22.6 Å². The molecule has 10 heteroatoms. The van der Waals surface area contributed by atoms with Crippen LogP contribution < -0.4 is 26.1 Å². The predicted octanol–water partition coefficient (Wildman–Crippen LogP) is 4.96. The number of nitrogens with zero attached hydrogens (tertiary/aromatic N) is 2. The molecular formula is C27H23IN4O5. The highest BCUT2D eigenvalue weighted by molar-refractivity contribution is 14.1. The number of hydrogen-bond donors (Lipinski definition) is 2. The number of carbonyl (C=O) groups excluding carboxylic acids is 1. The van der Waals surface area contributed by atoms with Crippen LogP contribution in [-0.4, -0.2) is 29.7 Å². The highest BCUT2D eigenvalue weighted by atomic mass is 127. The highest BCUT2D eigenvalue weighted by Crippen LogP contribution is 2.32. The molecule has 0 spiro atoms. The van der Waals surface area contributed by atoms with Crippen LogP contribution in [0.5, 0.6) is 11.5 Å². The summed E-state index contributed by atoms with van der Waals surface area (Å²) in [6, 6.07) is 17.1. The van der Waals surface area contributed by atoms with Crippen molar-refractivity contribution in [3.8, 4) is 11.5 Å². The average Bonchev–Trinajstić information content (AvgIpc) is 3.20. The second kappa shape index (κ2) is 9.77. The third-order valence-corrected chi connectivity index (χ3v) is 6.92. The lowest BCUT2D eigenvalue weighted by atomic mass is 10.0. The molecule has 2 heterocycles. The molecule has 0 aliphatic rings. The summed E-state index contributed by atoms with van der Waals surface area (Å²) in [5.41, 5.74) is 8.44. The topological polar surface area (TPSA) is 122 Å². The number of halogens is 1. The van der Waals surface area contributed by atoms with Gasteiger partial charge in [0.2, 0.25) is 5.95 Å². The van der Waals surface area contributed by atoms with Gasteiger partial charge in [-0.3, -0.25) is 4.79 Å². The van der Waals surface area contributed by atoms with Gasteiger partial charge in [-0.15, -0.1) is 0 Å². The lowest BCUT2D eigenvalue weighted by Gasteiger charge is -2.15. The van der Waals surface area contributed by atoms with E-state index in [2.05, 4.69) is 27.9 Å². The Morgan fingerprint density at radius 3 is 2.54 bits per heavy atom. The number of methoxy groups -OCH3 is 2. The summed E-state index contributed by atoms with van der Waals surface area (Å²) in [5.74, 6) is 1.10. The molecule has 3 N–H and O–H groups in total. The smallest absolute Gasteiger partial charge is 0.349 e. The lowest BCUT2D eigenvalue weighted by Crippen LogP contribution is -2.22. The van der Waals surface area contributed by atoms with E-state index in [-0.39, 0.29) is 5.56 Å². The molecule has 3 aromatic carbocycles. The van der Waals surface area contributed by atoms with E-state index in [4.69, 9.17) is 24.6 Å². The average molecular weight is 610 g/mol. The Hall–Kier alpha value is -4.06. The molecule has 0 aliphatic carbocycles. The van der Waals surface area contributed by atoms with Gasteiger partial charge in [0, 0.05) is 32.3 Å². The van der Waals surface area contributed by atoms with Crippen LogP contribution in [0.4, 0.5) is 11.6 Å². The Kier molecular flexibility index (Phi) is 6.50. The van der Waals surface area contributed by atoms with Crippen molar-refractivity contribution >= 4 is 62.1 Å². The van der Waals surface area contributed by atoms with Gasteiger partial charge in [-0.25, -0.2) is 9.78 Å². The van der Waals surface area contributed by atoms with Crippen LogP contribution in [0.1, 0.15) is 21.5 Å². The van der Waals surface area contributed by atoms with Crippen molar-refractivity contribution < 1.29 is 18.7 Å². The van der Waals surface area contributed by atoms with E-state index in [0.717, 1.165) is 20.3 Å². The molecule has 37 heavy (non-hydrogen) atoms. The molecule has 0 atom stereocenters. The van der Waals surface area contributed by atoms with Gasteiger partial charge in [-0.1, -0.05) is 0 Å². The van der Waals surface area contributed by atoms with E-state index in [9.17, 15) is 9.59 Å². The zero-order chi connectivity index (χ0) is 26.3. The number of fused-ring (bicyclic) bond motifs is 2. The van der Waals surface area contributed by atoms with E-state index in [1.54, 1.807) is 33.3 Å². The summed E-state index contributed by atoms with van der Waals surface area (Å²) >= 11 is 2.25. The van der Waals surface area contributed by atoms with E-state index in [1.165, 1.54) is 0 Å². The second-order valence-electron chi connectivity index (χ2n) is 8.42. The van der Waals surface area contributed by atoms with E-state index < -0.39 is 11.5 Å². The minimum absolute atomic E-state index is 0.161. The number of carbonyl (C=O) groups is 1. The number of aromatic nitrogens is 2. The second-order valence-corrected chi connectivity index (χ2v) is 9.67. The van der Waals surface area contributed by atoms with Gasteiger partial charge in [0.1, 0.15) is 22.6 Å². The number of anilines is 2. The predicted molar refractivity (Wildman–Crippen MR) is 150 cm³/mol. The van der Waals surface area contributed by atoms with Crippen molar-refractivity contribution in [3.63, 3.8) is 0 Å². The van der Waals surface area contributed by atoms with Crippen molar-refractivity contribution in [2.75, 3.05) is 19.5 Å². The number of nitrogens with two attached hydrogens (primary N) is 1. The highest BCUT2D eigenvalue weighted by Gasteiger charge is 2.20. The first kappa shape index (κ1) is 24.6. The third-order valence-electron chi connectivity index (χ3n) is 6.20. The number of rotatable bonds is 7. The normalized spacial score (nSPS) is 11.1. The lowest BCUT2D eigenvalue weighted by molar-refractivity contribution is 0.0996. The minimum Gasteiger partial charge on any atom is -0.497 e. The SMILES string of the molecule is COc1ccc(Cn2c(Nc3ccc(I)cc3)nc3cc4c(C)c(C(N)=O)c(=O)oc4cc32)c(OC)c1. The molecule has 5 rings (SSSR count). The van der Waals surface area contributed by atoms with Gasteiger partial charge in [0.25, 0.3) is 5.91 Å². The van der Waals surface area contributed by atoms with Crippen molar-refractivity contribution in [2.45, 2.75) is 13.5 Å². The van der Waals surface area contributed by atoms with Gasteiger partial charge in [-0.05, 0) is 77.5 Å². The fourth-order valence-corrected chi connectivity index (χ4v) is 4.68. The molecule has 0 bridgehead atoms. The van der Waals surface area contributed by atoms with Gasteiger partial charge in [0.15, 0.2) is 0 Å². The van der Waals surface area contributed by atoms with Gasteiger partial charge in [-0.2, -0.15) is 0 Å². The standard InChI is InChI=1S/C27H23IN4O5/c1-14-19-11-20-21(12-23(19)37-26(34)24(14)25(29)33)32(13-15-4-9-18(35-2)10-22(15)36-3)27(31-20)30-17-7-5-16(28)6-8-17/h4-12H,13H2,1-3H3,(H2,29,33)(H,30,31). The van der Waals surface area contributed by atoms with Crippen LogP contribution in [0.3, 0.4) is 0 Å².